The van der Waals surface area contributed by atoms with Gasteiger partial charge >= 0.3 is 0 Å². The Kier molecular flexibility index (Phi) is 11.9. The molecule has 0 aromatic heterocycles. The molecule has 0 spiro atoms. The second-order valence-corrected chi connectivity index (χ2v) is 15.6. The van der Waals surface area contributed by atoms with Gasteiger partial charge in [-0.25, -0.2) is 0 Å². The van der Waals surface area contributed by atoms with Gasteiger partial charge < -0.3 is 9.84 Å². The van der Waals surface area contributed by atoms with E-state index in [1.807, 2.05) is 0 Å². The van der Waals surface area contributed by atoms with Crippen LogP contribution in [-0.2, 0) is 4.74 Å². The third kappa shape index (κ3) is 7.55. The molecule has 0 amide bonds. The van der Waals surface area contributed by atoms with Crippen LogP contribution in [0.5, 0.6) is 0 Å². The van der Waals surface area contributed by atoms with Gasteiger partial charge in [0.2, 0.25) is 0 Å². The lowest BCUT2D eigenvalue weighted by Gasteiger charge is -2.58. The van der Waals surface area contributed by atoms with Crippen molar-refractivity contribution in [2.45, 2.75) is 163 Å². The van der Waals surface area contributed by atoms with E-state index in [1.54, 1.807) is 5.57 Å². The zero-order chi connectivity index (χ0) is 27.9. The van der Waals surface area contributed by atoms with Crippen LogP contribution < -0.4 is 0 Å². The van der Waals surface area contributed by atoms with Gasteiger partial charge in [0.25, 0.3) is 0 Å². The fraction of sp³-hybridized carbons (Fsp3) is 0.946. The smallest absolute Gasteiger partial charge is 0.0612 e. The molecule has 0 aromatic carbocycles. The number of rotatable bonds is 16. The predicted octanol–water partition coefficient (Wildman–Crippen LogP) is 10.5. The van der Waals surface area contributed by atoms with Crippen LogP contribution in [0, 0.1) is 46.3 Å². The minimum Gasteiger partial charge on any atom is -0.396 e. The molecule has 0 heterocycles. The first kappa shape index (κ1) is 31.6. The number of unbranched alkanes of at least 4 members (excludes halogenated alkanes) is 7. The molecule has 0 radical (unpaired) electrons. The SMILES string of the molecule is CC(C)CCC[C@@H](C)[C@H]1CCC2C3CC=C4CC(OCCCCCCCCCCO)CC[C@]4(C)C3CC[C@@]21C. The van der Waals surface area contributed by atoms with Gasteiger partial charge in [-0.2, -0.15) is 0 Å². The van der Waals surface area contributed by atoms with Crippen molar-refractivity contribution in [1.82, 2.24) is 0 Å². The van der Waals surface area contributed by atoms with Crippen molar-refractivity contribution < 1.29 is 9.84 Å². The highest BCUT2D eigenvalue weighted by molar-refractivity contribution is 5.25. The molecule has 3 saturated carbocycles. The summed E-state index contributed by atoms with van der Waals surface area (Å²) in [7, 11) is 0. The van der Waals surface area contributed by atoms with E-state index >= 15 is 0 Å². The second-order valence-electron chi connectivity index (χ2n) is 15.6. The van der Waals surface area contributed by atoms with Gasteiger partial charge in [-0.1, -0.05) is 104 Å². The molecule has 0 aromatic rings. The van der Waals surface area contributed by atoms with E-state index in [0.29, 0.717) is 23.5 Å². The van der Waals surface area contributed by atoms with Gasteiger partial charge in [-0.05, 0) is 111 Å². The number of allylic oxidation sites excluding steroid dienone is 1. The standard InChI is InChI=1S/C37H66O2/c1-28(2)15-14-16-29(3)33-19-20-34-32-18-17-30-27-31(39-26-13-11-9-7-6-8-10-12-25-38)21-23-36(30,4)35(32)22-24-37(33,34)5/h17,28-29,31-35,38H,6-16,18-27H2,1-5H3/t29-,31?,32?,33-,34?,35?,36+,37-/m1/s1. The molecule has 4 unspecified atom stereocenters. The molecule has 0 bridgehead atoms. The Morgan fingerprint density at radius 3 is 2.26 bits per heavy atom. The predicted molar refractivity (Wildman–Crippen MR) is 167 cm³/mol. The molecule has 226 valence electrons. The van der Waals surface area contributed by atoms with E-state index in [4.69, 9.17) is 9.84 Å². The summed E-state index contributed by atoms with van der Waals surface area (Å²) in [6, 6.07) is 0. The lowest BCUT2D eigenvalue weighted by molar-refractivity contribution is -0.0641. The van der Waals surface area contributed by atoms with E-state index in [0.717, 1.165) is 48.5 Å². The van der Waals surface area contributed by atoms with Crippen LogP contribution in [0.25, 0.3) is 0 Å². The third-order valence-electron chi connectivity index (χ3n) is 12.7. The topological polar surface area (TPSA) is 29.5 Å². The molecule has 2 nitrogen and oxygen atoms in total. The van der Waals surface area contributed by atoms with Gasteiger partial charge in [0.1, 0.15) is 0 Å². The summed E-state index contributed by atoms with van der Waals surface area (Å²) in [5.41, 5.74) is 2.82. The van der Waals surface area contributed by atoms with Crippen molar-refractivity contribution in [2.24, 2.45) is 46.3 Å². The fourth-order valence-electron chi connectivity index (χ4n) is 10.3. The Labute approximate surface area is 243 Å². The van der Waals surface area contributed by atoms with Gasteiger partial charge in [0.05, 0.1) is 6.10 Å². The van der Waals surface area contributed by atoms with Gasteiger partial charge in [-0.3, -0.25) is 0 Å². The zero-order valence-electron chi connectivity index (χ0n) is 26.8. The molecule has 39 heavy (non-hydrogen) atoms. The van der Waals surface area contributed by atoms with Crippen LogP contribution in [0.15, 0.2) is 11.6 Å². The van der Waals surface area contributed by atoms with Gasteiger partial charge in [0.15, 0.2) is 0 Å². The maximum atomic E-state index is 8.89. The minimum absolute atomic E-state index is 0.355. The van der Waals surface area contributed by atoms with E-state index < -0.39 is 0 Å². The highest BCUT2D eigenvalue weighted by Gasteiger charge is 2.59. The van der Waals surface area contributed by atoms with Gasteiger partial charge in [-0.15, -0.1) is 0 Å². The largest absolute Gasteiger partial charge is 0.396 e. The highest BCUT2D eigenvalue weighted by atomic mass is 16.5. The Morgan fingerprint density at radius 2 is 1.54 bits per heavy atom. The van der Waals surface area contributed by atoms with E-state index in [-0.39, 0.29) is 0 Å². The normalized spacial score (nSPS) is 36.8. The summed E-state index contributed by atoms with van der Waals surface area (Å²) in [5.74, 6) is 5.55. The van der Waals surface area contributed by atoms with E-state index in [2.05, 4.69) is 40.7 Å². The molecule has 0 saturated heterocycles. The van der Waals surface area contributed by atoms with Gasteiger partial charge in [0, 0.05) is 13.2 Å². The second kappa shape index (κ2) is 14.7. The van der Waals surface area contributed by atoms with Crippen LogP contribution in [0.4, 0.5) is 0 Å². The van der Waals surface area contributed by atoms with Crippen LogP contribution in [0.1, 0.15) is 157 Å². The van der Waals surface area contributed by atoms with Crippen LogP contribution in [-0.4, -0.2) is 24.4 Å². The lowest BCUT2D eigenvalue weighted by Crippen LogP contribution is -2.51. The highest BCUT2D eigenvalue weighted by Crippen LogP contribution is 2.67. The monoisotopic (exact) mass is 543 g/mol. The molecule has 4 rings (SSSR count). The van der Waals surface area contributed by atoms with Crippen molar-refractivity contribution in [2.75, 3.05) is 13.2 Å². The molecular weight excluding hydrogens is 476 g/mol. The molecule has 3 fully saturated rings. The molecule has 8 atom stereocenters. The molecule has 0 aliphatic heterocycles. The average molecular weight is 543 g/mol. The average Bonchev–Trinajstić information content (AvgIpc) is 3.27. The Morgan fingerprint density at radius 1 is 0.821 bits per heavy atom. The quantitative estimate of drug-likeness (QED) is 0.155. The number of fused-ring (bicyclic) bond motifs is 5. The molecule has 2 heteroatoms. The number of aliphatic hydroxyl groups excluding tert-OH is 1. The van der Waals surface area contributed by atoms with Crippen LogP contribution >= 0.6 is 0 Å². The first-order valence-corrected chi connectivity index (χ1v) is 17.7. The third-order valence-corrected chi connectivity index (χ3v) is 12.7. The van der Waals surface area contributed by atoms with Crippen LogP contribution in [0.3, 0.4) is 0 Å². The molecule has 1 N–H and O–H groups in total. The molecular formula is C37H66O2. The summed E-state index contributed by atoms with van der Waals surface area (Å²) in [6.07, 6.45) is 28.7. The van der Waals surface area contributed by atoms with E-state index in [9.17, 15) is 0 Å². The number of hydrogen-bond donors (Lipinski definition) is 1. The minimum atomic E-state index is 0.355. The first-order chi connectivity index (χ1) is 18.8. The summed E-state index contributed by atoms with van der Waals surface area (Å²) in [5, 5.41) is 8.89. The zero-order valence-corrected chi connectivity index (χ0v) is 26.8. The number of ether oxygens (including phenoxy) is 1. The summed E-state index contributed by atoms with van der Waals surface area (Å²) in [6.45, 7) is 14.1. The van der Waals surface area contributed by atoms with Crippen molar-refractivity contribution in [3.05, 3.63) is 11.6 Å². The van der Waals surface area contributed by atoms with Crippen molar-refractivity contribution in [3.63, 3.8) is 0 Å². The van der Waals surface area contributed by atoms with Crippen LogP contribution in [0.2, 0.25) is 0 Å². The first-order valence-electron chi connectivity index (χ1n) is 17.7. The number of aliphatic hydroxyl groups is 1. The van der Waals surface area contributed by atoms with Crippen molar-refractivity contribution in [1.29, 1.82) is 0 Å². The Bertz CT molecular complexity index is 757. The number of hydrogen-bond acceptors (Lipinski definition) is 2. The van der Waals surface area contributed by atoms with Crippen molar-refractivity contribution >= 4 is 0 Å². The summed E-state index contributed by atoms with van der Waals surface area (Å²) >= 11 is 0. The Hall–Kier alpha value is -0.340. The lowest BCUT2D eigenvalue weighted by atomic mass is 9.47. The van der Waals surface area contributed by atoms with E-state index in [1.165, 1.54) is 116 Å². The maximum absolute atomic E-state index is 8.89. The van der Waals surface area contributed by atoms with Crippen molar-refractivity contribution in [3.8, 4) is 0 Å². The maximum Gasteiger partial charge on any atom is 0.0612 e. The summed E-state index contributed by atoms with van der Waals surface area (Å²) in [4.78, 5) is 0. The molecule has 4 aliphatic rings. The summed E-state index contributed by atoms with van der Waals surface area (Å²) < 4.78 is 6.48. The Balaban J connectivity index is 1.23. The fourth-order valence-corrected chi connectivity index (χ4v) is 10.3. The molecule has 4 aliphatic carbocycles.